The fourth-order valence-corrected chi connectivity index (χ4v) is 3.00. The van der Waals surface area contributed by atoms with Crippen LogP contribution in [0.1, 0.15) is 31.9 Å². The molecule has 0 saturated carbocycles. The lowest BCUT2D eigenvalue weighted by molar-refractivity contribution is 0.0241. The van der Waals surface area contributed by atoms with E-state index in [1.165, 1.54) is 0 Å². The fourth-order valence-electron chi connectivity index (χ4n) is 2.31. The molecule has 3 rings (SSSR count). The fraction of sp³-hybridized carbons (Fsp3) is 0.500. The highest BCUT2D eigenvalue weighted by molar-refractivity contribution is 9.10. The van der Waals surface area contributed by atoms with Gasteiger partial charge in [-0.2, -0.15) is 0 Å². The van der Waals surface area contributed by atoms with Gasteiger partial charge in [0.05, 0.1) is 11.0 Å². The molecule has 0 aliphatic carbocycles. The number of benzene rings is 1. The molecule has 0 radical (unpaired) electrons. The number of rotatable bonds is 0. The van der Waals surface area contributed by atoms with E-state index in [9.17, 15) is 4.79 Å². The molecule has 2 heterocycles. The van der Waals surface area contributed by atoms with Gasteiger partial charge in [0.15, 0.2) is 11.5 Å². The van der Waals surface area contributed by atoms with Crippen molar-refractivity contribution in [2.75, 3.05) is 6.79 Å². The average molecular weight is 342 g/mol. The monoisotopic (exact) mass is 341 g/mol. The number of halogens is 1. The van der Waals surface area contributed by atoms with E-state index in [1.54, 1.807) is 4.90 Å². The zero-order valence-corrected chi connectivity index (χ0v) is 13.2. The molecular weight excluding hydrogens is 326 g/mol. The molecule has 5 nitrogen and oxygen atoms in total. The van der Waals surface area contributed by atoms with Crippen molar-refractivity contribution in [3.8, 4) is 11.5 Å². The molecule has 108 valence electrons. The van der Waals surface area contributed by atoms with E-state index in [4.69, 9.17) is 14.2 Å². The quantitative estimate of drug-likeness (QED) is 0.725. The molecule has 2 aliphatic rings. The highest BCUT2D eigenvalue weighted by atomic mass is 79.9. The molecule has 0 saturated heterocycles. The molecule has 1 aromatic carbocycles. The normalized spacial score (nSPS) is 16.3. The second-order valence-electron chi connectivity index (χ2n) is 5.90. The summed E-state index contributed by atoms with van der Waals surface area (Å²) in [5.74, 6) is 1.44. The molecule has 1 amide bonds. The summed E-state index contributed by atoms with van der Waals surface area (Å²) >= 11 is 3.54. The second kappa shape index (κ2) is 4.55. The maximum absolute atomic E-state index is 12.1. The molecule has 6 heteroatoms. The van der Waals surface area contributed by atoms with Crippen LogP contribution in [0.3, 0.4) is 0 Å². The summed E-state index contributed by atoms with van der Waals surface area (Å²) in [4.78, 5) is 13.8. The first-order valence-electron chi connectivity index (χ1n) is 6.43. The van der Waals surface area contributed by atoms with Gasteiger partial charge in [-0.3, -0.25) is 4.90 Å². The number of carbonyl (C=O) groups is 1. The molecule has 20 heavy (non-hydrogen) atoms. The lowest BCUT2D eigenvalue weighted by Gasteiger charge is -2.24. The van der Waals surface area contributed by atoms with Crippen LogP contribution in [-0.4, -0.2) is 23.4 Å². The number of fused-ring (bicyclic) bond motifs is 2. The molecule has 1 aromatic rings. The van der Waals surface area contributed by atoms with Crippen molar-refractivity contribution in [2.45, 2.75) is 39.5 Å². The van der Waals surface area contributed by atoms with Gasteiger partial charge in [0.1, 0.15) is 5.60 Å². The Morgan fingerprint density at radius 3 is 2.80 bits per heavy atom. The first kappa shape index (κ1) is 13.5. The molecule has 0 aromatic heterocycles. The van der Waals surface area contributed by atoms with Crippen LogP contribution in [0, 0.1) is 0 Å². The Balaban J connectivity index is 1.83. The number of carbonyl (C=O) groups excluding carboxylic acids is 1. The van der Waals surface area contributed by atoms with Crippen molar-refractivity contribution < 1.29 is 19.0 Å². The summed E-state index contributed by atoms with van der Waals surface area (Å²) in [5, 5.41) is 0. The van der Waals surface area contributed by atoms with Gasteiger partial charge in [-0.15, -0.1) is 0 Å². The Morgan fingerprint density at radius 1 is 1.35 bits per heavy atom. The van der Waals surface area contributed by atoms with Gasteiger partial charge in [0, 0.05) is 6.54 Å². The van der Waals surface area contributed by atoms with Crippen molar-refractivity contribution in [1.29, 1.82) is 0 Å². The van der Waals surface area contributed by atoms with Gasteiger partial charge >= 0.3 is 6.09 Å². The molecular formula is C14H16BrNO4. The summed E-state index contributed by atoms with van der Waals surface area (Å²) in [7, 11) is 0. The van der Waals surface area contributed by atoms with E-state index in [1.807, 2.05) is 26.8 Å². The van der Waals surface area contributed by atoms with E-state index in [2.05, 4.69) is 15.9 Å². The van der Waals surface area contributed by atoms with Crippen LogP contribution in [0.5, 0.6) is 11.5 Å². The van der Waals surface area contributed by atoms with Gasteiger partial charge < -0.3 is 14.2 Å². The third kappa shape index (κ3) is 2.32. The third-order valence-electron chi connectivity index (χ3n) is 3.16. The van der Waals surface area contributed by atoms with Gasteiger partial charge in [0.2, 0.25) is 6.79 Å². The van der Waals surface area contributed by atoms with Gasteiger partial charge in [0.25, 0.3) is 0 Å². The van der Waals surface area contributed by atoms with E-state index in [0.29, 0.717) is 13.1 Å². The van der Waals surface area contributed by atoms with E-state index in [0.717, 1.165) is 27.1 Å². The SMILES string of the molecule is CC(C)(C)OC(=O)N1Cc2cc3c(c(Br)c2C1)OCO3. The molecule has 0 spiro atoms. The van der Waals surface area contributed by atoms with Gasteiger partial charge in [-0.25, -0.2) is 4.79 Å². The van der Waals surface area contributed by atoms with Crippen LogP contribution < -0.4 is 9.47 Å². The summed E-state index contributed by atoms with van der Waals surface area (Å²) in [6.45, 7) is 6.87. The van der Waals surface area contributed by atoms with Crippen molar-refractivity contribution in [3.63, 3.8) is 0 Å². The van der Waals surface area contributed by atoms with E-state index in [-0.39, 0.29) is 12.9 Å². The van der Waals surface area contributed by atoms with Crippen LogP contribution in [0.25, 0.3) is 0 Å². The molecule has 0 unspecified atom stereocenters. The molecule has 0 bridgehead atoms. The largest absolute Gasteiger partial charge is 0.454 e. The lowest BCUT2D eigenvalue weighted by atomic mass is 10.1. The predicted molar refractivity (Wildman–Crippen MR) is 75.7 cm³/mol. The van der Waals surface area contributed by atoms with Crippen molar-refractivity contribution in [2.24, 2.45) is 0 Å². The minimum absolute atomic E-state index is 0.243. The van der Waals surface area contributed by atoms with Gasteiger partial charge in [-0.1, -0.05) is 0 Å². The summed E-state index contributed by atoms with van der Waals surface area (Å²) in [6, 6.07) is 1.94. The zero-order chi connectivity index (χ0) is 14.5. The van der Waals surface area contributed by atoms with Crippen LogP contribution in [0.2, 0.25) is 0 Å². The Hall–Kier alpha value is -1.43. The second-order valence-corrected chi connectivity index (χ2v) is 6.69. The Labute approximate surface area is 125 Å². The Morgan fingerprint density at radius 2 is 2.10 bits per heavy atom. The van der Waals surface area contributed by atoms with Crippen molar-refractivity contribution in [3.05, 3.63) is 21.7 Å². The number of amides is 1. The van der Waals surface area contributed by atoms with Crippen LogP contribution >= 0.6 is 15.9 Å². The van der Waals surface area contributed by atoms with Crippen LogP contribution in [0.4, 0.5) is 4.79 Å². The molecule has 0 N–H and O–H groups in total. The number of hydrogen-bond acceptors (Lipinski definition) is 4. The Bertz CT molecular complexity index is 580. The predicted octanol–water partition coefficient (Wildman–Crippen LogP) is 3.43. The maximum Gasteiger partial charge on any atom is 0.410 e. The minimum atomic E-state index is -0.489. The number of ether oxygens (including phenoxy) is 3. The number of nitrogens with zero attached hydrogens (tertiary/aromatic N) is 1. The third-order valence-corrected chi connectivity index (χ3v) is 4.00. The smallest absolute Gasteiger partial charge is 0.410 e. The van der Waals surface area contributed by atoms with E-state index >= 15 is 0 Å². The summed E-state index contributed by atoms with van der Waals surface area (Å²) < 4.78 is 17.1. The topological polar surface area (TPSA) is 48.0 Å². The maximum atomic E-state index is 12.1. The first-order valence-corrected chi connectivity index (χ1v) is 7.22. The lowest BCUT2D eigenvalue weighted by Crippen LogP contribution is -2.33. The highest BCUT2D eigenvalue weighted by Gasteiger charge is 2.32. The minimum Gasteiger partial charge on any atom is -0.454 e. The molecule has 0 fully saturated rings. The van der Waals surface area contributed by atoms with E-state index < -0.39 is 5.60 Å². The zero-order valence-electron chi connectivity index (χ0n) is 11.7. The number of hydrogen-bond donors (Lipinski definition) is 0. The summed E-state index contributed by atoms with van der Waals surface area (Å²) in [6.07, 6.45) is -0.303. The first-order chi connectivity index (χ1) is 9.35. The van der Waals surface area contributed by atoms with Crippen LogP contribution in [0.15, 0.2) is 10.5 Å². The standard InChI is InChI=1S/C14H16BrNO4/c1-14(2,3)20-13(17)16-5-8-4-10-12(19-7-18-10)11(15)9(8)6-16/h4H,5-7H2,1-3H3. The van der Waals surface area contributed by atoms with Gasteiger partial charge in [-0.05, 0) is 53.9 Å². The highest BCUT2D eigenvalue weighted by Crippen LogP contribution is 2.45. The Kier molecular flexibility index (Phi) is 3.08. The van der Waals surface area contributed by atoms with Crippen LogP contribution in [-0.2, 0) is 17.8 Å². The molecule has 0 atom stereocenters. The van der Waals surface area contributed by atoms with Crippen molar-refractivity contribution >= 4 is 22.0 Å². The average Bonchev–Trinajstić information content (AvgIpc) is 2.92. The molecule has 2 aliphatic heterocycles. The van der Waals surface area contributed by atoms with Crippen molar-refractivity contribution in [1.82, 2.24) is 4.90 Å². The summed E-state index contributed by atoms with van der Waals surface area (Å²) in [5.41, 5.74) is 1.63.